The molecule has 1 N–H and O–H groups in total. The zero-order chi connectivity index (χ0) is 12.7. The Labute approximate surface area is 110 Å². The zero-order valence-electron chi connectivity index (χ0n) is 9.91. The number of hydrogen-bond acceptors (Lipinski definition) is 2. The number of benzene rings is 1. The van der Waals surface area contributed by atoms with Crippen LogP contribution in [0.5, 0.6) is 5.75 Å². The number of carboxylic acid groups (broad SMARTS) is 1. The summed E-state index contributed by atoms with van der Waals surface area (Å²) in [5.41, 5.74) is 1.89. The first-order valence-corrected chi connectivity index (χ1v) is 6.82. The highest BCUT2D eigenvalue weighted by molar-refractivity contribution is 9.09. The molecule has 0 aromatic heterocycles. The molecule has 0 radical (unpaired) electrons. The van der Waals surface area contributed by atoms with Gasteiger partial charge in [0.15, 0.2) is 0 Å². The van der Waals surface area contributed by atoms with E-state index in [1.54, 1.807) is 0 Å². The summed E-state index contributed by atoms with van der Waals surface area (Å²) < 4.78 is 5.65. The summed E-state index contributed by atoms with van der Waals surface area (Å²) in [5.74, 6) is 0.0580. The molecule has 17 heavy (non-hydrogen) atoms. The van der Waals surface area contributed by atoms with Gasteiger partial charge < -0.3 is 9.84 Å². The van der Waals surface area contributed by atoms with E-state index < -0.39 is 5.97 Å². The van der Waals surface area contributed by atoms with E-state index in [4.69, 9.17) is 9.84 Å². The van der Waals surface area contributed by atoms with Gasteiger partial charge in [0, 0.05) is 5.33 Å². The number of aliphatic carboxylic acids is 1. The number of aryl methyl sites for hydroxylation is 1. The molecule has 4 heteroatoms. The minimum Gasteiger partial charge on any atom is -0.493 e. The van der Waals surface area contributed by atoms with Crippen molar-refractivity contribution in [1.29, 1.82) is 0 Å². The monoisotopic (exact) mass is 300 g/mol. The SMILES string of the molecule is CCc1cc(CC(=O)O)ccc1OCCCBr. The maximum absolute atomic E-state index is 10.6. The van der Waals surface area contributed by atoms with E-state index in [0.717, 1.165) is 35.0 Å². The fraction of sp³-hybridized carbons (Fsp3) is 0.462. The molecule has 0 spiro atoms. The van der Waals surface area contributed by atoms with Crippen LogP contribution < -0.4 is 4.74 Å². The van der Waals surface area contributed by atoms with Crippen molar-refractivity contribution in [1.82, 2.24) is 0 Å². The van der Waals surface area contributed by atoms with Gasteiger partial charge in [-0.05, 0) is 30.0 Å². The average molecular weight is 301 g/mol. The molecule has 0 atom stereocenters. The third-order valence-corrected chi connectivity index (χ3v) is 2.96. The summed E-state index contributed by atoms with van der Waals surface area (Å²) in [7, 11) is 0. The Morgan fingerprint density at radius 3 is 2.82 bits per heavy atom. The molecule has 0 saturated heterocycles. The van der Waals surface area contributed by atoms with Gasteiger partial charge in [0.05, 0.1) is 13.0 Å². The predicted octanol–water partition coefficient (Wildman–Crippen LogP) is 3.04. The van der Waals surface area contributed by atoms with Crippen molar-refractivity contribution in [3.63, 3.8) is 0 Å². The molecule has 1 rings (SSSR count). The minimum atomic E-state index is -0.806. The molecular formula is C13H17BrO3. The van der Waals surface area contributed by atoms with Crippen LogP contribution in [0.25, 0.3) is 0 Å². The van der Waals surface area contributed by atoms with E-state index in [2.05, 4.69) is 15.9 Å². The molecule has 0 aliphatic heterocycles. The quantitative estimate of drug-likeness (QED) is 0.622. The first kappa shape index (κ1) is 14.0. The second kappa shape index (κ2) is 7.33. The first-order chi connectivity index (χ1) is 8.17. The lowest BCUT2D eigenvalue weighted by molar-refractivity contribution is -0.136. The fourth-order valence-corrected chi connectivity index (χ4v) is 1.80. The minimum absolute atomic E-state index is 0.0642. The number of ether oxygens (including phenoxy) is 1. The lowest BCUT2D eigenvalue weighted by Gasteiger charge is -2.11. The molecule has 0 amide bonds. The molecule has 0 saturated carbocycles. The number of alkyl halides is 1. The van der Waals surface area contributed by atoms with Crippen LogP contribution in [-0.2, 0) is 17.6 Å². The van der Waals surface area contributed by atoms with Crippen LogP contribution in [0.4, 0.5) is 0 Å². The molecule has 0 bridgehead atoms. The van der Waals surface area contributed by atoms with Crippen molar-refractivity contribution in [2.45, 2.75) is 26.2 Å². The van der Waals surface area contributed by atoms with Crippen LogP contribution >= 0.6 is 15.9 Å². The molecule has 3 nitrogen and oxygen atoms in total. The third kappa shape index (κ3) is 4.77. The summed E-state index contributed by atoms with van der Waals surface area (Å²) in [6.07, 6.45) is 1.87. The Morgan fingerprint density at radius 2 is 2.24 bits per heavy atom. The van der Waals surface area contributed by atoms with Crippen molar-refractivity contribution < 1.29 is 14.6 Å². The second-order valence-electron chi connectivity index (χ2n) is 3.76. The van der Waals surface area contributed by atoms with Gasteiger partial charge >= 0.3 is 5.97 Å². The first-order valence-electron chi connectivity index (χ1n) is 5.69. The van der Waals surface area contributed by atoms with Crippen molar-refractivity contribution in [2.75, 3.05) is 11.9 Å². The van der Waals surface area contributed by atoms with Gasteiger partial charge in [0.2, 0.25) is 0 Å². The number of halogens is 1. The van der Waals surface area contributed by atoms with E-state index in [1.807, 2.05) is 25.1 Å². The maximum Gasteiger partial charge on any atom is 0.307 e. The third-order valence-electron chi connectivity index (χ3n) is 2.40. The molecular weight excluding hydrogens is 284 g/mol. The van der Waals surface area contributed by atoms with Gasteiger partial charge in [-0.25, -0.2) is 0 Å². The fourth-order valence-electron chi connectivity index (χ4n) is 1.57. The highest BCUT2D eigenvalue weighted by Gasteiger charge is 2.06. The molecule has 0 heterocycles. The molecule has 1 aromatic rings. The van der Waals surface area contributed by atoms with Gasteiger partial charge in [-0.1, -0.05) is 35.0 Å². The van der Waals surface area contributed by atoms with Crippen LogP contribution in [0.3, 0.4) is 0 Å². The summed E-state index contributed by atoms with van der Waals surface area (Å²) in [6.45, 7) is 2.72. The van der Waals surface area contributed by atoms with E-state index in [9.17, 15) is 4.79 Å². The summed E-state index contributed by atoms with van der Waals surface area (Å²) in [5, 5.41) is 9.66. The van der Waals surface area contributed by atoms with Gasteiger partial charge in [0.25, 0.3) is 0 Å². The maximum atomic E-state index is 10.6. The predicted molar refractivity (Wildman–Crippen MR) is 71.1 cm³/mol. The Bertz CT molecular complexity index is 377. The number of rotatable bonds is 7. The van der Waals surface area contributed by atoms with Crippen molar-refractivity contribution in [2.24, 2.45) is 0 Å². The molecule has 1 aromatic carbocycles. The van der Waals surface area contributed by atoms with Crippen LogP contribution in [0, 0.1) is 0 Å². The summed E-state index contributed by atoms with van der Waals surface area (Å²) >= 11 is 3.35. The molecule has 0 aliphatic carbocycles. The smallest absolute Gasteiger partial charge is 0.307 e. The summed E-state index contributed by atoms with van der Waals surface area (Å²) in [6, 6.07) is 5.60. The molecule has 0 unspecified atom stereocenters. The number of carbonyl (C=O) groups is 1. The summed E-state index contributed by atoms with van der Waals surface area (Å²) in [4.78, 5) is 10.6. The van der Waals surface area contributed by atoms with Gasteiger partial charge in [-0.3, -0.25) is 4.79 Å². The second-order valence-corrected chi connectivity index (χ2v) is 4.55. The normalized spacial score (nSPS) is 10.2. The van der Waals surface area contributed by atoms with E-state index in [0.29, 0.717) is 6.61 Å². The Kier molecular flexibility index (Phi) is 6.05. The lowest BCUT2D eigenvalue weighted by atomic mass is 10.1. The molecule has 94 valence electrons. The largest absolute Gasteiger partial charge is 0.493 e. The van der Waals surface area contributed by atoms with Crippen LogP contribution in [-0.4, -0.2) is 23.0 Å². The highest BCUT2D eigenvalue weighted by Crippen LogP contribution is 2.21. The Morgan fingerprint density at radius 1 is 1.47 bits per heavy atom. The van der Waals surface area contributed by atoms with E-state index in [1.165, 1.54) is 0 Å². The lowest BCUT2D eigenvalue weighted by Crippen LogP contribution is -2.03. The zero-order valence-corrected chi connectivity index (χ0v) is 11.5. The number of carboxylic acids is 1. The van der Waals surface area contributed by atoms with Crippen molar-refractivity contribution in [3.8, 4) is 5.75 Å². The number of hydrogen-bond donors (Lipinski definition) is 1. The molecule has 0 aliphatic rings. The van der Waals surface area contributed by atoms with Crippen LogP contribution in [0.1, 0.15) is 24.5 Å². The van der Waals surface area contributed by atoms with Crippen LogP contribution in [0.15, 0.2) is 18.2 Å². The van der Waals surface area contributed by atoms with Gasteiger partial charge in [-0.15, -0.1) is 0 Å². The molecule has 0 fully saturated rings. The highest BCUT2D eigenvalue weighted by atomic mass is 79.9. The Balaban J connectivity index is 2.74. The van der Waals surface area contributed by atoms with Gasteiger partial charge in [-0.2, -0.15) is 0 Å². The Hall–Kier alpha value is -1.03. The topological polar surface area (TPSA) is 46.5 Å². The standard InChI is InChI=1S/C13H17BrO3/c1-2-11-8-10(9-13(15)16)4-5-12(11)17-7-3-6-14/h4-5,8H,2-3,6-7,9H2,1H3,(H,15,16). The van der Waals surface area contributed by atoms with E-state index >= 15 is 0 Å². The van der Waals surface area contributed by atoms with Crippen molar-refractivity contribution in [3.05, 3.63) is 29.3 Å². The van der Waals surface area contributed by atoms with E-state index in [-0.39, 0.29) is 6.42 Å². The van der Waals surface area contributed by atoms with Crippen LogP contribution in [0.2, 0.25) is 0 Å². The van der Waals surface area contributed by atoms with Crippen molar-refractivity contribution >= 4 is 21.9 Å². The average Bonchev–Trinajstić information content (AvgIpc) is 2.30. The van der Waals surface area contributed by atoms with Gasteiger partial charge in [0.1, 0.15) is 5.75 Å².